The molecule has 3 atom stereocenters. The third kappa shape index (κ3) is 3.93. The molecule has 2 aliphatic rings. The van der Waals surface area contributed by atoms with Gasteiger partial charge in [0.15, 0.2) is 11.5 Å². The number of piperidine rings is 1. The molecule has 0 aliphatic carbocycles. The monoisotopic (exact) mass is 375 g/mol. The Morgan fingerprint density at radius 1 is 1.30 bits per heavy atom. The van der Waals surface area contributed by atoms with Crippen LogP contribution < -0.4 is 9.47 Å². The zero-order valence-electron chi connectivity index (χ0n) is 16.7. The number of ether oxygens (including phenoxy) is 2. The second kappa shape index (κ2) is 8.08. The molecular weight excluding hydrogens is 345 g/mol. The second-order valence-corrected chi connectivity index (χ2v) is 8.06. The van der Waals surface area contributed by atoms with Crippen molar-refractivity contribution >= 4 is 0 Å². The third-order valence-electron chi connectivity index (χ3n) is 5.88. The first-order chi connectivity index (χ1) is 12.9. The fraction of sp³-hybridized carbons (Fsp3) is 0.636. The molecule has 2 heterocycles. The van der Waals surface area contributed by atoms with Gasteiger partial charge in [-0.3, -0.25) is 4.90 Å². The summed E-state index contributed by atoms with van der Waals surface area (Å²) < 4.78 is 23.7. The summed E-state index contributed by atoms with van der Waals surface area (Å²) in [5, 5.41) is 11.4. The number of benzene rings is 1. The first-order valence-corrected chi connectivity index (χ1v) is 9.69. The van der Waals surface area contributed by atoms with E-state index in [4.69, 9.17) is 9.47 Å². The summed E-state index contributed by atoms with van der Waals surface area (Å²) in [5.41, 5.74) is 1.21. The molecule has 1 fully saturated rings. The van der Waals surface area contributed by atoms with Crippen LogP contribution in [0.15, 0.2) is 12.1 Å². The number of nitrogens with zero attached hydrogens (tertiary/aromatic N) is 1. The molecule has 0 aromatic heterocycles. The average Bonchev–Trinajstić information content (AvgIpc) is 2.65. The lowest BCUT2D eigenvalue weighted by molar-refractivity contribution is -0.0648. The van der Waals surface area contributed by atoms with Gasteiger partial charge in [0.2, 0.25) is 0 Å². The highest BCUT2D eigenvalue weighted by Gasteiger charge is 2.47. The van der Waals surface area contributed by atoms with Gasteiger partial charge in [0, 0.05) is 31.5 Å². The van der Waals surface area contributed by atoms with E-state index in [-0.39, 0.29) is 12.0 Å². The Morgan fingerprint density at radius 2 is 2.00 bits per heavy atom. The van der Waals surface area contributed by atoms with E-state index in [1.165, 1.54) is 5.56 Å². The number of hydrogen-bond acceptors (Lipinski definition) is 4. The van der Waals surface area contributed by atoms with Gasteiger partial charge in [-0.05, 0) is 42.0 Å². The molecule has 0 saturated carbocycles. The summed E-state index contributed by atoms with van der Waals surface area (Å²) in [5.74, 6) is 7.25. The van der Waals surface area contributed by atoms with Crippen LogP contribution in [-0.2, 0) is 6.42 Å². The lowest BCUT2D eigenvalue weighted by atomic mass is 9.71. The highest BCUT2D eigenvalue weighted by Crippen LogP contribution is 2.46. The molecule has 5 heteroatoms. The average molecular weight is 375 g/mol. The largest absolute Gasteiger partial charge is 0.493 e. The summed E-state index contributed by atoms with van der Waals surface area (Å²) >= 11 is 0. The predicted octanol–water partition coefficient (Wildman–Crippen LogP) is 3.37. The van der Waals surface area contributed by atoms with E-state index in [9.17, 15) is 9.50 Å². The van der Waals surface area contributed by atoms with Gasteiger partial charge in [0.25, 0.3) is 0 Å². The molecule has 148 valence electrons. The molecule has 3 rings (SSSR count). The molecule has 0 spiro atoms. The van der Waals surface area contributed by atoms with Crippen LogP contribution >= 0.6 is 0 Å². The first kappa shape index (κ1) is 20.0. The van der Waals surface area contributed by atoms with Crippen LogP contribution in [0.3, 0.4) is 0 Å². The van der Waals surface area contributed by atoms with Gasteiger partial charge in [0.05, 0.1) is 14.2 Å². The van der Waals surface area contributed by atoms with Crippen molar-refractivity contribution < 1.29 is 19.0 Å². The minimum atomic E-state index is -1.17. The fourth-order valence-corrected chi connectivity index (χ4v) is 4.61. The maximum atomic E-state index is 12.7. The molecule has 1 N–H and O–H groups in total. The maximum absolute atomic E-state index is 12.7. The Kier molecular flexibility index (Phi) is 5.98. The van der Waals surface area contributed by atoms with Crippen LogP contribution in [0.5, 0.6) is 11.5 Å². The summed E-state index contributed by atoms with van der Waals surface area (Å²) in [6.45, 7) is 5.28. The number of rotatable bonds is 4. The molecule has 1 aromatic carbocycles. The Hall–Kier alpha value is -1.77. The van der Waals surface area contributed by atoms with Crippen LogP contribution in [0, 0.1) is 23.7 Å². The Morgan fingerprint density at radius 3 is 2.63 bits per heavy atom. The molecule has 0 amide bonds. The van der Waals surface area contributed by atoms with Crippen molar-refractivity contribution in [3.05, 3.63) is 23.3 Å². The highest BCUT2D eigenvalue weighted by atomic mass is 19.1. The number of alkyl halides is 1. The number of aliphatic hydroxyl groups is 1. The Balaban J connectivity index is 1.99. The normalized spacial score (nSPS) is 27.4. The van der Waals surface area contributed by atoms with Gasteiger partial charge in [0.1, 0.15) is 12.3 Å². The van der Waals surface area contributed by atoms with Crippen molar-refractivity contribution in [2.45, 2.75) is 44.8 Å². The zero-order valence-corrected chi connectivity index (χ0v) is 16.7. The van der Waals surface area contributed by atoms with E-state index in [1.54, 1.807) is 14.2 Å². The maximum Gasteiger partial charge on any atom is 0.161 e. The molecule has 1 aromatic rings. The standard InChI is InChI=1S/C22H30FNO3/c1-15(2)10-17-14-24-9-6-16-11-20(26-3)21(27-4)12-18(16)19(24)13-22(17,25)7-5-8-23/h11-12,15,17,19,25H,6,8-10,13-14H2,1-4H3/t17?,19?,22-/m1/s1. The van der Waals surface area contributed by atoms with E-state index in [0.29, 0.717) is 18.1 Å². The molecule has 4 nitrogen and oxygen atoms in total. The van der Waals surface area contributed by atoms with Crippen molar-refractivity contribution in [3.8, 4) is 23.3 Å². The van der Waals surface area contributed by atoms with Gasteiger partial charge >= 0.3 is 0 Å². The molecule has 1 saturated heterocycles. The van der Waals surface area contributed by atoms with Crippen LogP contribution in [0.25, 0.3) is 0 Å². The minimum Gasteiger partial charge on any atom is -0.493 e. The van der Waals surface area contributed by atoms with E-state index in [2.05, 4.69) is 30.6 Å². The summed E-state index contributed by atoms with van der Waals surface area (Å²) in [6.07, 6.45) is 2.30. The minimum absolute atomic E-state index is 0.0227. The summed E-state index contributed by atoms with van der Waals surface area (Å²) in [4.78, 5) is 2.44. The predicted molar refractivity (Wildman–Crippen MR) is 104 cm³/mol. The SMILES string of the molecule is COc1cc2c(cc1OC)C1C[C@](O)(C#CCF)C(CC(C)C)CN1CC2. The van der Waals surface area contributed by atoms with Crippen LogP contribution in [-0.4, -0.2) is 49.6 Å². The van der Waals surface area contributed by atoms with Crippen LogP contribution in [0.2, 0.25) is 0 Å². The van der Waals surface area contributed by atoms with Crippen molar-refractivity contribution in [1.29, 1.82) is 0 Å². The van der Waals surface area contributed by atoms with Crippen molar-refractivity contribution in [3.63, 3.8) is 0 Å². The molecule has 27 heavy (non-hydrogen) atoms. The van der Waals surface area contributed by atoms with E-state index in [0.717, 1.165) is 37.2 Å². The fourth-order valence-electron chi connectivity index (χ4n) is 4.61. The van der Waals surface area contributed by atoms with E-state index >= 15 is 0 Å². The number of halogens is 1. The lowest BCUT2D eigenvalue weighted by Crippen LogP contribution is -2.54. The molecule has 0 radical (unpaired) electrons. The Bertz CT molecular complexity index is 739. The smallest absolute Gasteiger partial charge is 0.161 e. The molecular formula is C22H30FNO3. The third-order valence-corrected chi connectivity index (χ3v) is 5.88. The molecule has 2 aliphatic heterocycles. The van der Waals surface area contributed by atoms with Gasteiger partial charge < -0.3 is 14.6 Å². The van der Waals surface area contributed by atoms with Gasteiger partial charge in [-0.2, -0.15) is 0 Å². The number of methoxy groups -OCH3 is 2. The summed E-state index contributed by atoms with van der Waals surface area (Å²) in [6, 6.07) is 4.12. The van der Waals surface area contributed by atoms with Gasteiger partial charge in [-0.25, -0.2) is 4.39 Å². The number of fused-ring (bicyclic) bond motifs is 3. The van der Waals surface area contributed by atoms with Gasteiger partial charge in [-0.1, -0.05) is 25.7 Å². The van der Waals surface area contributed by atoms with E-state index in [1.807, 2.05) is 12.1 Å². The summed E-state index contributed by atoms with van der Waals surface area (Å²) in [7, 11) is 3.27. The van der Waals surface area contributed by atoms with Crippen molar-refractivity contribution in [2.24, 2.45) is 11.8 Å². The van der Waals surface area contributed by atoms with Crippen molar-refractivity contribution in [1.82, 2.24) is 4.90 Å². The molecule has 0 bridgehead atoms. The zero-order chi connectivity index (χ0) is 19.6. The quantitative estimate of drug-likeness (QED) is 0.820. The van der Waals surface area contributed by atoms with Crippen LogP contribution in [0.4, 0.5) is 4.39 Å². The van der Waals surface area contributed by atoms with E-state index < -0.39 is 12.3 Å². The Labute approximate surface area is 161 Å². The lowest BCUT2D eigenvalue weighted by Gasteiger charge is -2.50. The highest BCUT2D eigenvalue weighted by molar-refractivity contribution is 5.50. The second-order valence-electron chi connectivity index (χ2n) is 8.06. The van der Waals surface area contributed by atoms with Crippen LogP contribution in [0.1, 0.15) is 43.9 Å². The van der Waals surface area contributed by atoms with Gasteiger partial charge in [-0.15, -0.1) is 0 Å². The first-order valence-electron chi connectivity index (χ1n) is 9.69. The topological polar surface area (TPSA) is 41.9 Å². The molecule has 2 unspecified atom stereocenters. The van der Waals surface area contributed by atoms with Crippen molar-refractivity contribution in [2.75, 3.05) is 34.0 Å². The number of hydrogen-bond donors (Lipinski definition) is 1.